The first-order valence-electron chi connectivity index (χ1n) is 19.8. The van der Waals surface area contributed by atoms with Crippen LogP contribution >= 0.6 is 0 Å². The predicted octanol–water partition coefficient (Wildman–Crippen LogP) is 12.8. The van der Waals surface area contributed by atoms with Crippen LogP contribution in [0.3, 0.4) is 0 Å². The Morgan fingerprint density at radius 1 is 0.649 bits per heavy atom. The molecule has 1 radical (unpaired) electrons. The first kappa shape index (κ1) is 33.6. The fourth-order valence-electron chi connectivity index (χ4n) is 7.09. The summed E-state index contributed by atoms with van der Waals surface area (Å²) in [5.41, 5.74) is 14.3. The van der Waals surface area contributed by atoms with Gasteiger partial charge in [-0.15, -0.1) is 35.9 Å². The zero-order chi connectivity index (χ0) is 40.3. The van der Waals surface area contributed by atoms with Crippen molar-refractivity contribution in [3.8, 4) is 61.7 Å². The molecule has 0 spiro atoms. The number of pyridine rings is 2. The van der Waals surface area contributed by atoms with Gasteiger partial charge in [-0.1, -0.05) is 114 Å². The maximum atomic E-state index is 7.23. The first-order valence-corrected chi connectivity index (χ1v) is 18.3. The van der Waals surface area contributed by atoms with Gasteiger partial charge in [0.1, 0.15) is 0 Å². The second-order valence-electron chi connectivity index (χ2n) is 13.4. The fourth-order valence-corrected chi connectivity index (χ4v) is 7.09. The zero-order valence-electron chi connectivity index (χ0n) is 33.9. The maximum Gasteiger partial charge on any atom is 0.0774 e. The van der Waals surface area contributed by atoms with Crippen LogP contribution in [0.5, 0.6) is 0 Å². The SMILES string of the molecule is Cc1cc(-c2ccccc2)c(-n2c(-c3[c-]oc4ccc(-c5ccncc5)cc34)nc3ccccc32)c(-c2ccccc2)c1.[2H]C([2H])([2H])c1ccc(-c2[c-]cccc2)nc1.[Ir]. The number of aromatic nitrogens is 4. The Labute approximate surface area is 349 Å². The third-order valence-electron chi connectivity index (χ3n) is 9.71. The number of rotatable bonds is 6. The fraction of sp³-hybridized carbons (Fsp3) is 0.0392. The summed E-state index contributed by atoms with van der Waals surface area (Å²) in [6.07, 6.45) is 8.26. The number of imidazole rings is 1. The van der Waals surface area contributed by atoms with E-state index in [1.165, 1.54) is 11.8 Å². The molecule has 57 heavy (non-hydrogen) atoms. The molecule has 277 valence electrons. The molecule has 0 aliphatic carbocycles. The topological polar surface area (TPSA) is 56.7 Å². The van der Waals surface area contributed by atoms with Gasteiger partial charge in [0.2, 0.25) is 0 Å². The molecule has 5 nitrogen and oxygen atoms in total. The molecule has 0 fully saturated rings. The standard InChI is InChI=1S/C39H26N3O.C12H10N.Ir/c1-26-22-31(28-10-4-2-5-11-28)38(32(23-26)29-12-6-3-7-13-29)42-36-15-9-8-14-35(36)41-39(42)34-25-43-37-17-16-30(24-33(34)37)27-18-20-40-21-19-27;1-10-7-8-12(13-9-10)11-5-3-2-4-6-11;/h2-24H,1H3;2-5,7-9H,1H3;/q2*-1;/i;1D3;. The van der Waals surface area contributed by atoms with Crippen molar-refractivity contribution in [2.45, 2.75) is 13.8 Å². The normalized spacial score (nSPS) is 11.8. The molecule has 10 aromatic rings. The average Bonchev–Trinajstić information content (AvgIpc) is 3.88. The number of hydrogen-bond donors (Lipinski definition) is 0. The van der Waals surface area contributed by atoms with E-state index in [0.717, 1.165) is 83.7 Å². The third-order valence-corrected chi connectivity index (χ3v) is 9.71. The van der Waals surface area contributed by atoms with Crippen molar-refractivity contribution in [2.75, 3.05) is 0 Å². The van der Waals surface area contributed by atoms with E-state index in [-0.39, 0.29) is 25.7 Å². The van der Waals surface area contributed by atoms with E-state index in [9.17, 15) is 0 Å². The van der Waals surface area contributed by atoms with Crippen LogP contribution in [0.1, 0.15) is 15.2 Å². The van der Waals surface area contributed by atoms with Crippen LogP contribution in [0.4, 0.5) is 0 Å². The van der Waals surface area contributed by atoms with Gasteiger partial charge in [-0.2, -0.15) is 0 Å². The molecule has 0 aliphatic rings. The van der Waals surface area contributed by atoms with Crippen LogP contribution in [-0.2, 0) is 20.1 Å². The van der Waals surface area contributed by atoms with E-state index in [2.05, 4.69) is 137 Å². The molecule has 0 atom stereocenters. The summed E-state index contributed by atoms with van der Waals surface area (Å²) >= 11 is 0. The predicted molar refractivity (Wildman–Crippen MR) is 227 cm³/mol. The van der Waals surface area contributed by atoms with Crippen LogP contribution in [0.25, 0.3) is 83.7 Å². The summed E-state index contributed by atoms with van der Waals surface area (Å²) < 4.78 is 30.0. The molecule has 0 bridgehead atoms. The smallest absolute Gasteiger partial charge is 0.0774 e. The molecular weight excluding hydrogens is 877 g/mol. The summed E-state index contributed by atoms with van der Waals surface area (Å²) in [4.78, 5) is 13.6. The van der Waals surface area contributed by atoms with Gasteiger partial charge in [0.05, 0.1) is 22.5 Å². The molecule has 6 heteroatoms. The number of nitrogens with zero attached hydrogens (tertiary/aromatic N) is 4. The number of aryl methyl sites for hydroxylation is 2. The van der Waals surface area contributed by atoms with E-state index in [1.807, 2.05) is 54.9 Å². The second kappa shape index (κ2) is 16.6. The van der Waals surface area contributed by atoms with Gasteiger partial charge in [0, 0.05) is 65.8 Å². The molecule has 10 rings (SSSR count). The van der Waals surface area contributed by atoms with Crippen molar-refractivity contribution in [1.29, 1.82) is 0 Å². The van der Waals surface area contributed by atoms with Gasteiger partial charge in [-0.05, 0) is 89.2 Å². The Bertz CT molecular complexity index is 2960. The van der Waals surface area contributed by atoms with Crippen molar-refractivity contribution in [1.82, 2.24) is 19.5 Å². The minimum Gasteiger partial charge on any atom is -0.557 e. The van der Waals surface area contributed by atoms with Crippen molar-refractivity contribution in [2.24, 2.45) is 0 Å². The van der Waals surface area contributed by atoms with E-state index in [0.29, 0.717) is 0 Å². The largest absolute Gasteiger partial charge is 0.557 e. The van der Waals surface area contributed by atoms with Gasteiger partial charge in [0.15, 0.2) is 0 Å². The average molecular weight is 916 g/mol. The molecule has 4 aromatic heterocycles. The van der Waals surface area contributed by atoms with Crippen molar-refractivity contribution >= 4 is 22.0 Å². The van der Waals surface area contributed by atoms with Crippen LogP contribution in [0, 0.1) is 26.1 Å². The molecule has 0 amide bonds. The molecule has 0 N–H and O–H groups in total. The molecule has 6 aromatic carbocycles. The van der Waals surface area contributed by atoms with Gasteiger partial charge in [-0.3, -0.25) is 9.97 Å². The Balaban J connectivity index is 0.000000248. The monoisotopic (exact) mass is 916 g/mol. The van der Waals surface area contributed by atoms with Crippen LogP contribution in [0.2, 0.25) is 0 Å². The van der Waals surface area contributed by atoms with E-state index in [4.69, 9.17) is 13.5 Å². The van der Waals surface area contributed by atoms with Crippen molar-refractivity contribution in [3.05, 3.63) is 206 Å². The number of benzene rings is 6. The summed E-state index contributed by atoms with van der Waals surface area (Å²) in [7, 11) is 0. The Morgan fingerprint density at radius 3 is 2.02 bits per heavy atom. The summed E-state index contributed by atoms with van der Waals surface area (Å²) in [5, 5.41) is 0.959. The van der Waals surface area contributed by atoms with Crippen LogP contribution < -0.4 is 0 Å². The Kier molecular flexibility index (Phi) is 9.76. The summed E-state index contributed by atoms with van der Waals surface area (Å²) in [6.45, 7) is 0.0690. The minimum atomic E-state index is -2.09. The molecule has 4 heterocycles. The van der Waals surface area contributed by atoms with Gasteiger partial charge < -0.3 is 14.0 Å². The minimum absolute atomic E-state index is 0. The maximum absolute atomic E-state index is 7.23. The van der Waals surface area contributed by atoms with E-state index >= 15 is 0 Å². The second-order valence-corrected chi connectivity index (χ2v) is 13.4. The van der Waals surface area contributed by atoms with Gasteiger partial charge in [0.25, 0.3) is 0 Å². The Hall–Kier alpha value is -6.72. The quantitative estimate of drug-likeness (QED) is 0.156. The first-order chi connectivity index (χ1) is 28.8. The number of para-hydroxylation sites is 2. The molecular formula is C51H36IrN4O-2. The molecule has 0 saturated carbocycles. The summed E-state index contributed by atoms with van der Waals surface area (Å²) in [5.74, 6) is 0.782. The summed E-state index contributed by atoms with van der Waals surface area (Å²) in [6, 6.07) is 58.1. The molecule has 0 aliphatic heterocycles. The molecule has 0 saturated heterocycles. The van der Waals surface area contributed by atoms with E-state index in [1.54, 1.807) is 18.2 Å². The Morgan fingerprint density at radius 2 is 1.35 bits per heavy atom. The number of fused-ring (bicyclic) bond motifs is 2. The van der Waals surface area contributed by atoms with Gasteiger partial charge >= 0.3 is 0 Å². The van der Waals surface area contributed by atoms with Crippen LogP contribution in [0.15, 0.2) is 187 Å². The van der Waals surface area contributed by atoms with Crippen LogP contribution in [-0.4, -0.2) is 19.5 Å². The van der Waals surface area contributed by atoms with E-state index < -0.39 is 6.85 Å². The number of furan rings is 1. The van der Waals surface area contributed by atoms with Gasteiger partial charge in [-0.25, -0.2) is 0 Å². The third kappa shape index (κ3) is 7.61. The molecule has 0 unspecified atom stereocenters. The van der Waals surface area contributed by atoms with Crippen molar-refractivity contribution in [3.63, 3.8) is 0 Å². The zero-order valence-corrected chi connectivity index (χ0v) is 33.2. The number of hydrogen-bond acceptors (Lipinski definition) is 4. The van der Waals surface area contributed by atoms with Crippen molar-refractivity contribution < 1.29 is 28.6 Å².